The van der Waals surface area contributed by atoms with E-state index in [0.29, 0.717) is 32.4 Å². The molecular weight excluding hydrogens is 302 g/mol. The summed E-state index contributed by atoms with van der Waals surface area (Å²) in [5, 5.41) is 0. The number of rotatable bonds is 5. The van der Waals surface area contributed by atoms with Gasteiger partial charge in [0.2, 0.25) is 10.0 Å². The minimum absolute atomic E-state index is 0.194. The zero-order valence-corrected chi connectivity index (χ0v) is 13.9. The smallest absolute Gasteiger partial charge is 0.313 e. The Morgan fingerprint density at radius 1 is 1.32 bits per heavy atom. The topological polar surface area (TPSA) is 63.7 Å². The van der Waals surface area contributed by atoms with E-state index in [4.69, 9.17) is 4.74 Å². The average Bonchev–Trinajstić information content (AvgIpc) is 2.48. The minimum atomic E-state index is -3.31. The van der Waals surface area contributed by atoms with Crippen molar-refractivity contribution in [3.63, 3.8) is 0 Å². The molecule has 1 aromatic rings. The van der Waals surface area contributed by atoms with Crippen LogP contribution in [0.1, 0.15) is 25.3 Å². The Balaban J connectivity index is 2.31. The van der Waals surface area contributed by atoms with Crippen molar-refractivity contribution >= 4 is 16.0 Å². The Morgan fingerprint density at radius 3 is 2.59 bits per heavy atom. The van der Waals surface area contributed by atoms with Crippen LogP contribution in [0.4, 0.5) is 0 Å². The largest absolute Gasteiger partial charge is 0.466 e. The number of ether oxygens (including phenoxy) is 1. The predicted octanol–water partition coefficient (Wildman–Crippen LogP) is 1.83. The molecule has 1 atom stereocenters. The highest BCUT2D eigenvalue weighted by molar-refractivity contribution is 7.88. The van der Waals surface area contributed by atoms with Crippen LogP contribution in [-0.2, 0) is 26.0 Å². The van der Waals surface area contributed by atoms with Crippen molar-refractivity contribution in [3.8, 4) is 0 Å². The van der Waals surface area contributed by atoms with Crippen LogP contribution in [0.25, 0.3) is 0 Å². The quantitative estimate of drug-likeness (QED) is 0.775. The van der Waals surface area contributed by atoms with E-state index in [1.807, 2.05) is 30.3 Å². The molecular formula is C16H23NO4S. The molecule has 0 radical (unpaired) electrons. The summed E-state index contributed by atoms with van der Waals surface area (Å²) in [6.07, 6.45) is 3.00. The van der Waals surface area contributed by atoms with E-state index >= 15 is 0 Å². The third-order valence-corrected chi connectivity index (χ3v) is 5.35. The van der Waals surface area contributed by atoms with Gasteiger partial charge in [0.05, 0.1) is 18.3 Å². The predicted molar refractivity (Wildman–Crippen MR) is 84.9 cm³/mol. The third-order valence-electron chi connectivity index (χ3n) is 4.10. The van der Waals surface area contributed by atoms with Crippen molar-refractivity contribution in [1.29, 1.82) is 0 Å². The Morgan fingerprint density at radius 2 is 2.00 bits per heavy atom. The van der Waals surface area contributed by atoms with E-state index in [1.54, 1.807) is 6.92 Å². The summed E-state index contributed by atoms with van der Waals surface area (Å²) in [6, 6.07) is 9.68. The summed E-state index contributed by atoms with van der Waals surface area (Å²) in [4.78, 5) is 12.6. The summed E-state index contributed by atoms with van der Waals surface area (Å²) in [5.74, 6) is -0.299. The first kappa shape index (κ1) is 17.0. The Bertz CT molecular complexity index is 614. The molecule has 22 heavy (non-hydrogen) atoms. The van der Waals surface area contributed by atoms with Gasteiger partial charge in [0, 0.05) is 13.1 Å². The number of esters is 1. The van der Waals surface area contributed by atoms with Crippen molar-refractivity contribution in [2.24, 2.45) is 5.41 Å². The van der Waals surface area contributed by atoms with Gasteiger partial charge in [-0.1, -0.05) is 30.3 Å². The van der Waals surface area contributed by atoms with Gasteiger partial charge in [-0.3, -0.25) is 4.79 Å². The molecule has 1 aliphatic rings. The summed E-state index contributed by atoms with van der Waals surface area (Å²) in [7, 11) is -3.31. The fourth-order valence-electron chi connectivity index (χ4n) is 3.03. The first-order chi connectivity index (χ1) is 10.4. The molecule has 1 fully saturated rings. The molecule has 6 heteroatoms. The lowest BCUT2D eigenvalue weighted by atomic mass is 9.75. The van der Waals surface area contributed by atoms with E-state index < -0.39 is 15.4 Å². The molecule has 0 spiro atoms. The third kappa shape index (κ3) is 3.87. The SMILES string of the molecule is CCOC(=O)[C@]1(Cc2ccccc2)CCCN(S(C)(=O)=O)C1. The molecule has 0 aromatic heterocycles. The molecule has 0 unspecified atom stereocenters. The zero-order valence-electron chi connectivity index (χ0n) is 13.1. The molecule has 122 valence electrons. The second kappa shape index (κ2) is 6.79. The highest BCUT2D eigenvalue weighted by Crippen LogP contribution is 2.36. The van der Waals surface area contributed by atoms with Gasteiger partial charge in [-0.05, 0) is 31.7 Å². The van der Waals surface area contributed by atoms with Crippen LogP contribution in [0.3, 0.4) is 0 Å². The Hall–Kier alpha value is -1.40. The molecule has 1 aromatic carbocycles. The van der Waals surface area contributed by atoms with Gasteiger partial charge in [-0.2, -0.15) is 0 Å². The van der Waals surface area contributed by atoms with Gasteiger partial charge in [0.1, 0.15) is 0 Å². The number of carbonyl (C=O) groups is 1. The molecule has 1 saturated heterocycles. The lowest BCUT2D eigenvalue weighted by molar-refractivity contribution is -0.157. The Kier molecular flexibility index (Phi) is 5.24. The zero-order chi connectivity index (χ0) is 16.2. The van der Waals surface area contributed by atoms with Crippen LogP contribution in [0.2, 0.25) is 0 Å². The maximum absolute atomic E-state index is 12.6. The molecule has 0 N–H and O–H groups in total. The van der Waals surface area contributed by atoms with Crippen molar-refractivity contribution in [1.82, 2.24) is 4.31 Å². The van der Waals surface area contributed by atoms with Crippen LogP contribution in [0.15, 0.2) is 30.3 Å². The van der Waals surface area contributed by atoms with Crippen molar-refractivity contribution in [2.75, 3.05) is 26.0 Å². The monoisotopic (exact) mass is 325 g/mol. The molecule has 0 amide bonds. The number of benzene rings is 1. The second-order valence-electron chi connectivity index (χ2n) is 5.86. The first-order valence-corrected chi connectivity index (χ1v) is 9.38. The minimum Gasteiger partial charge on any atom is -0.466 e. The first-order valence-electron chi connectivity index (χ1n) is 7.54. The fraction of sp³-hybridized carbons (Fsp3) is 0.562. The maximum Gasteiger partial charge on any atom is 0.313 e. The van der Waals surface area contributed by atoms with Gasteiger partial charge in [-0.25, -0.2) is 12.7 Å². The van der Waals surface area contributed by atoms with Crippen LogP contribution in [-0.4, -0.2) is 44.6 Å². The van der Waals surface area contributed by atoms with Crippen LogP contribution in [0.5, 0.6) is 0 Å². The molecule has 1 heterocycles. The molecule has 0 bridgehead atoms. The summed E-state index contributed by atoms with van der Waals surface area (Å²) >= 11 is 0. The number of sulfonamides is 1. The van der Waals surface area contributed by atoms with Gasteiger partial charge in [0.25, 0.3) is 0 Å². The van der Waals surface area contributed by atoms with Crippen molar-refractivity contribution < 1.29 is 17.9 Å². The molecule has 0 aliphatic carbocycles. The average molecular weight is 325 g/mol. The lowest BCUT2D eigenvalue weighted by Crippen LogP contribution is -2.51. The second-order valence-corrected chi connectivity index (χ2v) is 7.85. The van der Waals surface area contributed by atoms with Gasteiger partial charge < -0.3 is 4.74 Å². The number of nitrogens with zero attached hydrogens (tertiary/aromatic N) is 1. The highest BCUT2D eigenvalue weighted by atomic mass is 32.2. The lowest BCUT2D eigenvalue weighted by Gasteiger charge is -2.39. The van der Waals surface area contributed by atoms with E-state index in [2.05, 4.69) is 0 Å². The van der Waals surface area contributed by atoms with Crippen LogP contribution in [0, 0.1) is 5.41 Å². The van der Waals surface area contributed by atoms with E-state index in [1.165, 1.54) is 10.6 Å². The number of carbonyl (C=O) groups excluding carboxylic acids is 1. The maximum atomic E-state index is 12.6. The summed E-state index contributed by atoms with van der Waals surface area (Å²) in [5.41, 5.74) is 0.226. The van der Waals surface area contributed by atoms with Gasteiger partial charge >= 0.3 is 5.97 Å². The summed E-state index contributed by atoms with van der Waals surface area (Å²) < 4.78 is 30.4. The number of piperidine rings is 1. The van der Waals surface area contributed by atoms with Gasteiger partial charge in [0.15, 0.2) is 0 Å². The normalized spacial score (nSPS) is 23.2. The standard InChI is InChI=1S/C16H23NO4S/c1-3-21-15(18)16(12-14-8-5-4-6-9-14)10-7-11-17(13-16)22(2,19)20/h4-6,8-9H,3,7,10-13H2,1-2H3/t16-/m0/s1. The molecule has 5 nitrogen and oxygen atoms in total. The Labute approximate surface area is 132 Å². The number of hydrogen-bond donors (Lipinski definition) is 0. The number of hydrogen-bond acceptors (Lipinski definition) is 4. The van der Waals surface area contributed by atoms with E-state index in [9.17, 15) is 13.2 Å². The van der Waals surface area contributed by atoms with Gasteiger partial charge in [-0.15, -0.1) is 0 Å². The molecule has 2 rings (SSSR count). The van der Waals surface area contributed by atoms with Crippen molar-refractivity contribution in [2.45, 2.75) is 26.2 Å². The van der Waals surface area contributed by atoms with E-state index in [-0.39, 0.29) is 12.5 Å². The van der Waals surface area contributed by atoms with Crippen LogP contribution < -0.4 is 0 Å². The summed E-state index contributed by atoms with van der Waals surface area (Å²) in [6.45, 7) is 2.73. The molecule has 1 aliphatic heterocycles. The fourth-order valence-corrected chi connectivity index (χ4v) is 3.97. The van der Waals surface area contributed by atoms with Crippen LogP contribution >= 0.6 is 0 Å². The van der Waals surface area contributed by atoms with E-state index in [0.717, 1.165) is 5.56 Å². The van der Waals surface area contributed by atoms with Crippen molar-refractivity contribution in [3.05, 3.63) is 35.9 Å². The molecule has 0 saturated carbocycles. The highest BCUT2D eigenvalue weighted by Gasteiger charge is 2.45.